The Hall–Kier alpha value is -6.37. The van der Waals surface area contributed by atoms with Crippen LogP contribution in [0.5, 0.6) is 0 Å². The molecule has 0 saturated carbocycles. The molecule has 0 spiro atoms. The number of hydrogen-bond donors (Lipinski definition) is 0. The van der Waals surface area contributed by atoms with Crippen LogP contribution in [0.1, 0.15) is 27.8 Å². The van der Waals surface area contributed by atoms with Gasteiger partial charge in [-0.1, -0.05) is 121 Å². The summed E-state index contributed by atoms with van der Waals surface area (Å²) in [5.74, 6) is 0. The number of aromatic nitrogens is 2. The first kappa shape index (κ1) is 27.0. The predicted octanol–water partition coefficient (Wildman–Crippen LogP) is 10.4. The molecular weight excluding hydrogens is 571 g/mol. The maximum atomic E-state index is 9.39. The highest BCUT2D eigenvalue weighted by Gasteiger charge is 2.46. The first-order valence-electron chi connectivity index (χ1n) is 15.8. The van der Waals surface area contributed by atoms with Crippen LogP contribution in [-0.4, -0.2) is 9.97 Å². The molecule has 218 valence electrons. The van der Waals surface area contributed by atoms with Gasteiger partial charge in [0, 0.05) is 22.5 Å². The standard InChI is InChI=1S/C44H27N3/c45-28-29-13-15-30(16-14-29)33-19-22-37-38-23-20-34(41-24-21-32-18-17-31-8-7-25-46-42(31)43(32)47-41)27-40(38)44(39(37)26-33,35-9-3-1-4-10-35)36-11-5-2-6-12-36/h1-27H. The van der Waals surface area contributed by atoms with Gasteiger partial charge in [-0.05, 0) is 80.9 Å². The monoisotopic (exact) mass is 597 g/mol. The van der Waals surface area contributed by atoms with Crippen molar-refractivity contribution in [3.05, 3.63) is 192 Å². The molecule has 0 fully saturated rings. The highest BCUT2D eigenvalue weighted by molar-refractivity contribution is 6.03. The minimum absolute atomic E-state index is 0.559. The van der Waals surface area contributed by atoms with Crippen molar-refractivity contribution in [2.24, 2.45) is 0 Å². The molecule has 0 bridgehead atoms. The molecule has 0 amide bonds. The second-order valence-corrected chi connectivity index (χ2v) is 12.1. The molecule has 0 atom stereocenters. The first-order chi connectivity index (χ1) is 23.2. The molecular formula is C44H27N3. The number of benzene rings is 6. The Balaban J connectivity index is 1.32. The van der Waals surface area contributed by atoms with Gasteiger partial charge in [0.05, 0.1) is 33.8 Å². The van der Waals surface area contributed by atoms with Gasteiger partial charge in [-0.2, -0.15) is 5.26 Å². The van der Waals surface area contributed by atoms with Gasteiger partial charge < -0.3 is 0 Å². The third kappa shape index (κ3) is 4.13. The Kier molecular flexibility index (Phi) is 6.10. The number of nitriles is 1. The lowest BCUT2D eigenvalue weighted by Gasteiger charge is -2.34. The van der Waals surface area contributed by atoms with Crippen LogP contribution in [0.15, 0.2) is 164 Å². The molecule has 1 aliphatic rings. The maximum Gasteiger partial charge on any atom is 0.0991 e. The smallest absolute Gasteiger partial charge is 0.0991 e. The van der Waals surface area contributed by atoms with Crippen LogP contribution in [0.2, 0.25) is 0 Å². The zero-order chi connectivity index (χ0) is 31.4. The quantitative estimate of drug-likeness (QED) is 0.190. The average molecular weight is 598 g/mol. The summed E-state index contributed by atoms with van der Waals surface area (Å²) < 4.78 is 0. The van der Waals surface area contributed by atoms with Crippen molar-refractivity contribution in [2.45, 2.75) is 5.41 Å². The van der Waals surface area contributed by atoms with Crippen LogP contribution in [0.4, 0.5) is 0 Å². The van der Waals surface area contributed by atoms with Gasteiger partial charge in [0.1, 0.15) is 0 Å². The minimum atomic E-state index is -0.559. The van der Waals surface area contributed by atoms with Gasteiger partial charge in [0.25, 0.3) is 0 Å². The molecule has 0 N–H and O–H groups in total. The van der Waals surface area contributed by atoms with E-state index in [1.807, 2.05) is 36.5 Å². The Morgan fingerprint density at radius 3 is 1.72 bits per heavy atom. The first-order valence-corrected chi connectivity index (χ1v) is 15.8. The van der Waals surface area contributed by atoms with Crippen molar-refractivity contribution in [3.8, 4) is 39.6 Å². The molecule has 8 aromatic rings. The SMILES string of the molecule is N#Cc1ccc(-c2ccc3c(c2)C(c2ccccc2)(c2ccccc2)c2cc(-c4ccc5ccc6cccnc6c5n4)ccc2-3)cc1. The Labute approximate surface area is 273 Å². The van der Waals surface area contributed by atoms with Gasteiger partial charge in [0.15, 0.2) is 0 Å². The summed E-state index contributed by atoms with van der Waals surface area (Å²) in [7, 11) is 0. The molecule has 6 aromatic carbocycles. The van der Waals surface area contributed by atoms with Crippen molar-refractivity contribution < 1.29 is 0 Å². The average Bonchev–Trinajstić information content (AvgIpc) is 3.45. The van der Waals surface area contributed by atoms with Crippen molar-refractivity contribution >= 4 is 21.8 Å². The highest BCUT2D eigenvalue weighted by Crippen LogP contribution is 2.57. The summed E-state index contributed by atoms with van der Waals surface area (Å²) in [5.41, 5.74) is 13.4. The van der Waals surface area contributed by atoms with E-state index in [1.54, 1.807) is 0 Å². The zero-order valence-corrected chi connectivity index (χ0v) is 25.4. The molecule has 3 heteroatoms. The Morgan fingerprint density at radius 2 is 1.06 bits per heavy atom. The van der Waals surface area contributed by atoms with E-state index in [-0.39, 0.29) is 0 Å². The Bertz CT molecular complexity index is 2470. The highest BCUT2D eigenvalue weighted by atomic mass is 14.8. The van der Waals surface area contributed by atoms with E-state index in [0.29, 0.717) is 5.56 Å². The summed E-state index contributed by atoms with van der Waals surface area (Å²) in [4.78, 5) is 9.92. The maximum absolute atomic E-state index is 9.39. The molecule has 2 aromatic heterocycles. The largest absolute Gasteiger partial charge is 0.254 e. The van der Waals surface area contributed by atoms with Crippen LogP contribution in [0.3, 0.4) is 0 Å². The Morgan fingerprint density at radius 1 is 0.489 bits per heavy atom. The van der Waals surface area contributed by atoms with Crippen LogP contribution < -0.4 is 0 Å². The van der Waals surface area contributed by atoms with Gasteiger partial charge in [-0.25, -0.2) is 4.98 Å². The summed E-state index contributed by atoms with van der Waals surface area (Å²) in [6, 6.07) is 58.0. The molecule has 1 aliphatic carbocycles. The van der Waals surface area contributed by atoms with Gasteiger partial charge in [0.2, 0.25) is 0 Å². The topological polar surface area (TPSA) is 49.6 Å². The van der Waals surface area contributed by atoms with E-state index >= 15 is 0 Å². The van der Waals surface area contributed by atoms with Crippen LogP contribution in [-0.2, 0) is 5.41 Å². The predicted molar refractivity (Wildman–Crippen MR) is 190 cm³/mol. The van der Waals surface area contributed by atoms with Crippen LogP contribution in [0, 0.1) is 11.3 Å². The number of rotatable bonds is 4. The normalized spacial score (nSPS) is 12.8. The van der Waals surface area contributed by atoms with Crippen LogP contribution >= 0.6 is 0 Å². The second kappa shape index (κ2) is 10.6. The van der Waals surface area contributed by atoms with Crippen molar-refractivity contribution in [3.63, 3.8) is 0 Å². The fourth-order valence-corrected chi connectivity index (χ4v) is 7.45. The van der Waals surface area contributed by atoms with E-state index in [2.05, 4.69) is 133 Å². The fourth-order valence-electron chi connectivity index (χ4n) is 7.45. The van der Waals surface area contributed by atoms with Crippen molar-refractivity contribution in [1.29, 1.82) is 5.26 Å². The third-order valence-corrected chi connectivity index (χ3v) is 9.63. The van der Waals surface area contributed by atoms with E-state index in [1.165, 1.54) is 33.4 Å². The molecule has 0 radical (unpaired) electrons. The molecule has 3 nitrogen and oxygen atoms in total. The summed E-state index contributed by atoms with van der Waals surface area (Å²) >= 11 is 0. The molecule has 0 aliphatic heterocycles. The van der Waals surface area contributed by atoms with Gasteiger partial charge >= 0.3 is 0 Å². The van der Waals surface area contributed by atoms with E-state index in [4.69, 9.17) is 9.97 Å². The lowest BCUT2D eigenvalue weighted by atomic mass is 9.67. The third-order valence-electron chi connectivity index (χ3n) is 9.63. The number of fused-ring (bicyclic) bond motifs is 6. The van der Waals surface area contributed by atoms with Gasteiger partial charge in [-0.3, -0.25) is 4.98 Å². The van der Waals surface area contributed by atoms with E-state index < -0.39 is 5.41 Å². The number of nitrogens with zero attached hydrogens (tertiary/aromatic N) is 3. The fraction of sp³-hybridized carbons (Fsp3) is 0.0227. The van der Waals surface area contributed by atoms with Gasteiger partial charge in [-0.15, -0.1) is 0 Å². The second-order valence-electron chi connectivity index (χ2n) is 12.1. The molecule has 47 heavy (non-hydrogen) atoms. The lowest BCUT2D eigenvalue weighted by molar-refractivity contribution is 0.769. The summed E-state index contributed by atoms with van der Waals surface area (Å²) in [6.45, 7) is 0. The molecule has 2 heterocycles. The number of hydrogen-bond acceptors (Lipinski definition) is 3. The summed E-state index contributed by atoms with van der Waals surface area (Å²) in [6.07, 6.45) is 1.84. The summed E-state index contributed by atoms with van der Waals surface area (Å²) in [5, 5.41) is 11.6. The molecule has 9 rings (SSSR count). The van der Waals surface area contributed by atoms with Crippen LogP contribution in [0.25, 0.3) is 55.3 Å². The van der Waals surface area contributed by atoms with E-state index in [9.17, 15) is 5.26 Å². The van der Waals surface area contributed by atoms with Crippen molar-refractivity contribution in [2.75, 3.05) is 0 Å². The van der Waals surface area contributed by atoms with Crippen molar-refractivity contribution in [1.82, 2.24) is 9.97 Å². The zero-order valence-electron chi connectivity index (χ0n) is 25.4. The molecule has 0 unspecified atom stereocenters. The molecule has 0 saturated heterocycles. The minimum Gasteiger partial charge on any atom is -0.254 e. The van der Waals surface area contributed by atoms with E-state index in [0.717, 1.165) is 44.2 Å². The number of pyridine rings is 2. The lowest BCUT2D eigenvalue weighted by Crippen LogP contribution is -2.28.